The van der Waals surface area contributed by atoms with Gasteiger partial charge in [-0.05, 0) is 22.3 Å². The van der Waals surface area contributed by atoms with Gasteiger partial charge < -0.3 is 0 Å². The Morgan fingerprint density at radius 2 is 1.35 bits per heavy atom. The van der Waals surface area contributed by atoms with Crippen LogP contribution in [0, 0.1) is 0 Å². The first-order chi connectivity index (χ1) is 8.27. The second-order valence-corrected chi connectivity index (χ2v) is 4.30. The van der Waals surface area contributed by atoms with Crippen LogP contribution in [0.25, 0.3) is 11.1 Å². The Balaban J connectivity index is 2.20. The lowest BCUT2D eigenvalue weighted by Gasteiger charge is -2.09. The van der Waals surface area contributed by atoms with Crippen molar-refractivity contribution in [2.75, 3.05) is 0 Å². The lowest BCUT2D eigenvalue weighted by molar-refractivity contribution is -0.143. The van der Waals surface area contributed by atoms with Crippen LogP contribution in [0.1, 0.15) is 23.5 Å². The van der Waals surface area contributed by atoms with E-state index in [0.717, 1.165) is 22.3 Å². The predicted molar refractivity (Wildman–Crippen MR) is 64.0 cm³/mol. The van der Waals surface area contributed by atoms with Crippen molar-refractivity contribution in [2.45, 2.75) is 12.3 Å². The summed E-state index contributed by atoms with van der Waals surface area (Å²) in [6.45, 7) is 0. The van der Waals surface area contributed by atoms with E-state index >= 15 is 0 Å². The number of rotatable bonds is 2. The molecule has 17 heavy (non-hydrogen) atoms. The molecular weight excluding hydrogens is 212 g/mol. The number of fused-ring (bicyclic) bond motifs is 3. The fourth-order valence-corrected chi connectivity index (χ4v) is 2.65. The molecule has 2 nitrogen and oxygen atoms in total. The minimum atomic E-state index is -0.999. The van der Waals surface area contributed by atoms with E-state index in [9.17, 15) is 9.90 Å². The Morgan fingerprint density at radius 3 is 1.82 bits per heavy atom. The minimum Gasteiger partial charge on any atom is -0.247 e. The minimum absolute atomic E-state index is 0.0496. The quantitative estimate of drug-likeness (QED) is 0.770. The Hall–Kier alpha value is -2.09. The van der Waals surface area contributed by atoms with Gasteiger partial charge in [-0.25, -0.2) is 9.90 Å². The van der Waals surface area contributed by atoms with Gasteiger partial charge in [-0.3, -0.25) is 0 Å². The Labute approximate surface area is 99.5 Å². The number of hydrogen-bond donors (Lipinski definition) is 0. The highest BCUT2D eigenvalue weighted by molar-refractivity contribution is 5.81. The number of carbonyl (C=O) groups excluding carboxylic acids is 1. The smallest absolute Gasteiger partial charge is 0.247 e. The van der Waals surface area contributed by atoms with Gasteiger partial charge in [-0.2, -0.15) is 0 Å². The van der Waals surface area contributed by atoms with E-state index in [1.165, 1.54) is 0 Å². The second kappa shape index (κ2) is 3.74. The largest absolute Gasteiger partial charge is 0.356 e. The van der Waals surface area contributed by atoms with E-state index in [0.29, 0.717) is 0 Å². The molecule has 3 rings (SSSR count). The third-order valence-corrected chi connectivity index (χ3v) is 3.33. The third-order valence-electron chi connectivity index (χ3n) is 3.33. The van der Waals surface area contributed by atoms with Crippen LogP contribution in [-0.4, -0.2) is 5.97 Å². The maximum absolute atomic E-state index is 10.9. The highest BCUT2D eigenvalue weighted by Gasteiger charge is 2.29. The van der Waals surface area contributed by atoms with Gasteiger partial charge in [-0.15, -0.1) is 0 Å². The molecule has 0 heterocycles. The number of hydrogen-bond acceptors (Lipinski definition) is 1. The van der Waals surface area contributed by atoms with Crippen molar-refractivity contribution in [2.24, 2.45) is 0 Å². The van der Waals surface area contributed by atoms with Gasteiger partial charge in [0.15, 0.2) is 0 Å². The van der Waals surface area contributed by atoms with Crippen molar-refractivity contribution in [1.29, 1.82) is 0 Å². The highest BCUT2D eigenvalue weighted by atomic mass is 16.4. The molecule has 0 bridgehead atoms. The molecular formula is C15H11O2. The summed E-state index contributed by atoms with van der Waals surface area (Å²) in [5.41, 5.74) is 4.49. The molecule has 1 radical (unpaired) electrons. The van der Waals surface area contributed by atoms with Gasteiger partial charge in [0.2, 0.25) is 0 Å². The van der Waals surface area contributed by atoms with Gasteiger partial charge in [0.05, 0.1) is 6.42 Å². The first-order valence-corrected chi connectivity index (χ1v) is 5.65. The number of benzene rings is 2. The van der Waals surface area contributed by atoms with Crippen LogP contribution in [0.3, 0.4) is 0 Å². The van der Waals surface area contributed by atoms with E-state index in [4.69, 9.17) is 0 Å². The fraction of sp³-hybridized carbons (Fsp3) is 0.133. The molecule has 2 aromatic rings. The molecule has 0 aromatic heterocycles. The van der Waals surface area contributed by atoms with Crippen molar-refractivity contribution in [3.05, 3.63) is 59.7 Å². The molecule has 0 amide bonds. The van der Waals surface area contributed by atoms with Gasteiger partial charge in [0.1, 0.15) is 0 Å². The van der Waals surface area contributed by atoms with Crippen LogP contribution in [0.15, 0.2) is 48.5 Å². The summed E-state index contributed by atoms with van der Waals surface area (Å²) in [6.07, 6.45) is 0.0496. The topological polar surface area (TPSA) is 37.0 Å². The lowest BCUT2D eigenvalue weighted by Crippen LogP contribution is -2.03. The van der Waals surface area contributed by atoms with Crippen molar-refractivity contribution in [1.82, 2.24) is 0 Å². The van der Waals surface area contributed by atoms with E-state index in [1.807, 2.05) is 48.5 Å². The van der Waals surface area contributed by atoms with Crippen molar-refractivity contribution in [3.8, 4) is 11.1 Å². The SMILES string of the molecule is [O]C(=O)CC1c2ccccc2-c2ccccc21. The van der Waals surface area contributed by atoms with Crippen LogP contribution < -0.4 is 0 Å². The molecule has 0 unspecified atom stereocenters. The Morgan fingerprint density at radius 1 is 0.882 bits per heavy atom. The zero-order valence-corrected chi connectivity index (χ0v) is 9.22. The van der Waals surface area contributed by atoms with Crippen molar-refractivity contribution < 1.29 is 9.90 Å². The molecule has 0 fully saturated rings. The van der Waals surface area contributed by atoms with Crippen LogP contribution >= 0.6 is 0 Å². The Kier molecular flexibility index (Phi) is 2.22. The molecule has 0 aliphatic heterocycles. The molecule has 1 aliphatic carbocycles. The molecule has 0 spiro atoms. The average Bonchev–Trinajstić information content (AvgIpc) is 2.65. The van der Waals surface area contributed by atoms with Gasteiger partial charge in [-0.1, -0.05) is 48.5 Å². The molecule has 0 saturated carbocycles. The summed E-state index contributed by atoms with van der Waals surface area (Å²) in [7, 11) is 0. The zero-order valence-electron chi connectivity index (χ0n) is 9.22. The maximum Gasteiger partial charge on any atom is 0.356 e. The molecule has 2 aromatic carbocycles. The first kappa shape index (κ1) is 10.1. The van der Waals surface area contributed by atoms with E-state index in [-0.39, 0.29) is 12.3 Å². The first-order valence-electron chi connectivity index (χ1n) is 5.65. The molecule has 1 aliphatic rings. The molecule has 2 heteroatoms. The van der Waals surface area contributed by atoms with Crippen LogP contribution in [0.5, 0.6) is 0 Å². The van der Waals surface area contributed by atoms with E-state index in [2.05, 4.69) is 0 Å². The maximum atomic E-state index is 10.9. The van der Waals surface area contributed by atoms with Gasteiger partial charge in [0, 0.05) is 5.92 Å². The molecule has 0 N–H and O–H groups in total. The summed E-state index contributed by atoms with van der Waals surface area (Å²) < 4.78 is 0. The zero-order chi connectivity index (χ0) is 11.8. The monoisotopic (exact) mass is 223 g/mol. The third kappa shape index (κ3) is 1.53. The second-order valence-electron chi connectivity index (χ2n) is 4.30. The highest BCUT2D eigenvalue weighted by Crippen LogP contribution is 2.45. The van der Waals surface area contributed by atoms with Crippen LogP contribution in [-0.2, 0) is 9.90 Å². The fourth-order valence-electron chi connectivity index (χ4n) is 2.65. The van der Waals surface area contributed by atoms with Crippen LogP contribution in [0.4, 0.5) is 0 Å². The standard InChI is InChI=1S/C15H11O2/c16-15(17)9-14-12-7-3-1-5-10(12)11-6-2-4-8-13(11)14/h1-8,14H,9H2. The molecule has 83 valence electrons. The summed E-state index contributed by atoms with van der Waals surface area (Å²) in [5, 5.41) is 10.9. The summed E-state index contributed by atoms with van der Waals surface area (Å²) in [6, 6.07) is 16.0. The van der Waals surface area contributed by atoms with Crippen LogP contribution in [0.2, 0.25) is 0 Å². The summed E-state index contributed by atoms with van der Waals surface area (Å²) in [5.74, 6) is -1.06. The normalized spacial score (nSPS) is 13.2. The van der Waals surface area contributed by atoms with E-state index in [1.54, 1.807) is 0 Å². The van der Waals surface area contributed by atoms with Gasteiger partial charge in [0.25, 0.3) is 0 Å². The van der Waals surface area contributed by atoms with Crippen molar-refractivity contribution >= 4 is 5.97 Å². The van der Waals surface area contributed by atoms with E-state index < -0.39 is 5.97 Å². The summed E-state index contributed by atoms with van der Waals surface area (Å²) in [4.78, 5) is 10.9. The average molecular weight is 223 g/mol. The van der Waals surface area contributed by atoms with Gasteiger partial charge >= 0.3 is 5.97 Å². The summed E-state index contributed by atoms with van der Waals surface area (Å²) >= 11 is 0. The molecule has 0 atom stereocenters. The number of carbonyl (C=O) groups is 1. The van der Waals surface area contributed by atoms with Crippen molar-refractivity contribution in [3.63, 3.8) is 0 Å². The molecule has 0 saturated heterocycles. The predicted octanol–water partition coefficient (Wildman–Crippen LogP) is 3.15. The lowest BCUT2D eigenvalue weighted by atomic mass is 9.94. The Bertz CT molecular complexity index is 541.